The summed E-state index contributed by atoms with van der Waals surface area (Å²) in [5.74, 6) is 0.103. The Morgan fingerprint density at radius 2 is 2.12 bits per heavy atom. The van der Waals surface area contributed by atoms with Gasteiger partial charge in [0.15, 0.2) is 0 Å². The summed E-state index contributed by atoms with van der Waals surface area (Å²) in [5.41, 5.74) is 0.655. The number of carbonyl (C=O) groups is 1. The fraction of sp³-hybridized carbons (Fsp3) is 0.462. The van der Waals surface area contributed by atoms with Crippen LogP contribution >= 0.6 is 0 Å². The zero-order valence-electron chi connectivity index (χ0n) is 10.1. The van der Waals surface area contributed by atoms with Gasteiger partial charge in [0.1, 0.15) is 5.75 Å². The molecule has 1 aromatic rings. The molecule has 17 heavy (non-hydrogen) atoms. The average Bonchev–Trinajstić information content (AvgIpc) is 2.32. The minimum Gasteiger partial charge on any atom is -0.508 e. The van der Waals surface area contributed by atoms with E-state index in [9.17, 15) is 9.90 Å². The summed E-state index contributed by atoms with van der Waals surface area (Å²) in [7, 11) is 1.66. The molecule has 0 aliphatic carbocycles. The molecule has 2 N–H and O–H groups in total. The fourth-order valence-electron chi connectivity index (χ4n) is 1.49. The van der Waals surface area contributed by atoms with Gasteiger partial charge in [0.05, 0.1) is 6.42 Å². The Balaban J connectivity index is 2.23. The van der Waals surface area contributed by atoms with Crippen LogP contribution in [0.2, 0.25) is 0 Å². The third-order valence-corrected chi connectivity index (χ3v) is 2.44. The van der Waals surface area contributed by atoms with Gasteiger partial charge < -0.3 is 15.2 Å². The van der Waals surface area contributed by atoms with Gasteiger partial charge in [0, 0.05) is 25.8 Å². The van der Waals surface area contributed by atoms with Gasteiger partial charge in [-0.15, -0.1) is 0 Å². The summed E-state index contributed by atoms with van der Waals surface area (Å²) in [6.45, 7) is 1.37. The Kier molecular flexibility index (Phi) is 6.10. The number of hydrogen-bond acceptors (Lipinski definition) is 3. The van der Waals surface area contributed by atoms with Crippen LogP contribution in [0.3, 0.4) is 0 Å². The van der Waals surface area contributed by atoms with E-state index in [1.165, 1.54) is 0 Å². The molecular formula is C13H19NO3. The fourth-order valence-corrected chi connectivity index (χ4v) is 1.49. The third-order valence-electron chi connectivity index (χ3n) is 2.44. The Morgan fingerprint density at radius 1 is 1.35 bits per heavy atom. The SMILES string of the molecule is COCCCCNC(=O)Cc1ccccc1O. The molecule has 0 aliphatic heterocycles. The van der Waals surface area contributed by atoms with Crippen molar-refractivity contribution in [1.29, 1.82) is 0 Å². The molecule has 0 unspecified atom stereocenters. The molecule has 0 radical (unpaired) electrons. The number of hydrogen-bond donors (Lipinski definition) is 2. The van der Waals surface area contributed by atoms with Crippen molar-refractivity contribution in [2.75, 3.05) is 20.3 Å². The van der Waals surface area contributed by atoms with E-state index >= 15 is 0 Å². The van der Waals surface area contributed by atoms with Gasteiger partial charge in [-0.25, -0.2) is 0 Å². The van der Waals surface area contributed by atoms with Crippen LogP contribution in [0.1, 0.15) is 18.4 Å². The number of carbonyl (C=O) groups excluding carboxylic acids is 1. The van der Waals surface area contributed by atoms with Crippen LogP contribution in [-0.4, -0.2) is 31.3 Å². The van der Waals surface area contributed by atoms with Gasteiger partial charge in [-0.1, -0.05) is 18.2 Å². The van der Waals surface area contributed by atoms with Crippen molar-refractivity contribution in [3.05, 3.63) is 29.8 Å². The first kappa shape index (κ1) is 13.5. The smallest absolute Gasteiger partial charge is 0.224 e. The summed E-state index contributed by atoms with van der Waals surface area (Å²) in [6, 6.07) is 6.88. The molecule has 0 spiro atoms. The first-order chi connectivity index (χ1) is 8.24. The normalized spacial score (nSPS) is 10.2. The largest absolute Gasteiger partial charge is 0.508 e. The maximum Gasteiger partial charge on any atom is 0.224 e. The minimum atomic E-state index is -0.0658. The molecule has 0 saturated carbocycles. The Labute approximate surface area is 102 Å². The van der Waals surface area contributed by atoms with Crippen LogP contribution < -0.4 is 5.32 Å². The summed E-state index contributed by atoms with van der Waals surface area (Å²) < 4.78 is 4.91. The van der Waals surface area contributed by atoms with Gasteiger partial charge in [-0.05, 0) is 18.9 Å². The molecule has 0 bridgehead atoms. The monoisotopic (exact) mass is 237 g/mol. The number of amides is 1. The van der Waals surface area contributed by atoms with E-state index in [0.717, 1.165) is 19.4 Å². The van der Waals surface area contributed by atoms with Crippen molar-refractivity contribution in [2.45, 2.75) is 19.3 Å². The number of nitrogens with one attached hydrogen (secondary N) is 1. The van der Waals surface area contributed by atoms with E-state index in [2.05, 4.69) is 5.32 Å². The van der Waals surface area contributed by atoms with Crippen molar-refractivity contribution in [2.24, 2.45) is 0 Å². The second kappa shape index (κ2) is 7.68. The highest BCUT2D eigenvalue weighted by molar-refractivity contribution is 5.79. The van der Waals surface area contributed by atoms with E-state index in [-0.39, 0.29) is 18.1 Å². The lowest BCUT2D eigenvalue weighted by Crippen LogP contribution is -2.26. The maximum atomic E-state index is 11.5. The lowest BCUT2D eigenvalue weighted by atomic mass is 10.1. The van der Waals surface area contributed by atoms with Gasteiger partial charge in [0.2, 0.25) is 5.91 Å². The molecule has 1 rings (SSSR count). The zero-order chi connectivity index (χ0) is 12.5. The lowest BCUT2D eigenvalue weighted by molar-refractivity contribution is -0.120. The number of para-hydroxylation sites is 1. The first-order valence-electron chi connectivity index (χ1n) is 5.76. The molecule has 0 fully saturated rings. The van der Waals surface area contributed by atoms with Gasteiger partial charge in [-0.3, -0.25) is 4.79 Å². The summed E-state index contributed by atoms with van der Waals surface area (Å²) in [5, 5.41) is 12.3. The van der Waals surface area contributed by atoms with E-state index in [1.807, 2.05) is 0 Å². The summed E-state index contributed by atoms with van der Waals surface area (Å²) in [6.07, 6.45) is 2.06. The van der Waals surface area contributed by atoms with Crippen LogP contribution in [0, 0.1) is 0 Å². The Bertz CT molecular complexity index is 352. The maximum absolute atomic E-state index is 11.5. The number of phenols is 1. The quantitative estimate of drug-likeness (QED) is 0.706. The molecule has 1 aromatic carbocycles. The van der Waals surface area contributed by atoms with Crippen molar-refractivity contribution >= 4 is 5.91 Å². The predicted molar refractivity (Wildman–Crippen MR) is 65.9 cm³/mol. The lowest BCUT2D eigenvalue weighted by Gasteiger charge is -2.06. The molecule has 0 heterocycles. The number of methoxy groups -OCH3 is 1. The minimum absolute atomic E-state index is 0.0658. The molecule has 0 aromatic heterocycles. The average molecular weight is 237 g/mol. The van der Waals surface area contributed by atoms with Gasteiger partial charge >= 0.3 is 0 Å². The highest BCUT2D eigenvalue weighted by Gasteiger charge is 2.05. The van der Waals surface area contributed by atoms with Crippen molar-refractivity contribution in [3.8, 4) is 5.75 Å². The molecule has 0 aliphatic rings. The predicted octanol–water partition coefficient (Wildman–Crippen LogP) is 1.48. The highest BCUT2D eigenvalue weighted by atomic mass is 16.5. The molecule has 1 amide bonds. The standard InChI is InChI=1S/C13H19NO3/c1-17-9-5-4-8-14-13(16)10-11-6-2-3-7-12(11)15/h2-3,6-7,15H,4-5,8-10H2,1H3,(H,14,16). The molecule has 0 saturated heterocycles. The molecule has 4 nitrogen and oxygen atoms in total. The number of aromatic hydroxyl groups is 1. The Morgan fingerprint density at radius 3 is 2.82 bits per heavy atom. The van der Waals surface area contributed by atoms with E-state index in [0.29, 0.717) is 12.1 Å². The summed E-state index contributed by atoms with van der Waals surface area (Å²) in [4.78, 5) is 11.5. The topological polar surface area (TPSA) is 58.6 Å². The summed E-state index contributed by atoms with van der Waals surface area (Å²) >= 11 is 0. The Hall–Kier alpha value is -1.55. The molecule has 4 heteroatoms. The van der Waals surface area contributed by atoms with Gasteiger partial charge in [0.25, 0.3) is 0 Å². The number of benzene rings is 1. The number of ether oxygens (including phenoxy) is 1. The third kappa shape index (κ3) is 5.36. The van der Waals surface area contributed by atoms with Crippen LogP contribution in [0.15, 0.2) is 24.3 Å². The number of rotatable bonds is 7. The second-order valence-corrected chi connectivity index (χ2v) is 3.86. The van der Waals surface area contributed by atoms with E-state index < -0.39 is 0 Å². The van der Waals surface area contributed by atoms with E-state index in [1.54, 1.807) is 31.4 Å². The van der Waals surface area contributed by atoms with Crippen LogP contribution in [-0.2, 0) is 16.0 Å². The number of phenolic OH excluding ortho intramolecular Hbond substituents is 1. The van der Waals surface area contributed by atoms with Crippen LogP contribution in [0.25, 0.3) is 0 Å². The molecule has 94 valence electrons. The molecule has 0 atom stereocenters. The second-order valence-electron chi connectivity index (χ2n) is 3.86. The van der Waals surface area contributed by atoms with Gasteiger partial charge in [-0.2, -0.15) is 0 Å². The first-order valence-corrected chi connectivity index (χ1v) is 5.76. The zero-order valence-corrected chi connectivity index (χ0v) is 10.1. The molecular weight excluding hydrogens is 218 g/mol. The van der Waals surface area contributed by atoms with Crippen LogP contribution in [0.5, 0.6) is 5.75 Å². The van der Waals surface area contributed by atoms with E-state index in [4.69, 9.17) is 4.74 Å². The highest BCUT2D eigenvalue weighted by Crippen LogP contribution is 2.15. The van der Waals surface area contributed by atoms with Crippen LogP contribution in [0.4, 0.5) is 0 Å². The van der Waals surface area contributed by atoms with Crippen molar-refractivity contribution in [3.63, 3.8) is 0 Å². The number of unbranched alkanes of at least 4 members (excludes halogenated alkanes) is 1. The van der Waals surface area contributed by atoms with Crippen molar-refractivity contribution < 1.29 is 14.6 Å². The van der Waals surface area contributed by atoms with Crippen molar-refractivity contribution in [1.82, 2.24) is 5.32 Å².